The van der Waals surface area contributed by atoms with Crippen LogP contribution in [0.25, 0.3) is 0 Å². The highest BCUT2D eigenvalue weighted by molar-refractivity contribution is 5.95. The number of carbonyl (C=O) groups is 2. The van der Waals surface area contributed by atoms with E-state index in [-0.39, 0.29) is 24.4 Å². The minimum atomic E-state index is -0.154. The highest BCUT2D eigenvalue weighted by atomic mass is 16.2. The molecule has 3 rings (SSSR count). The Balaban J connectivity index is 1.51. The molecule has 0 aliphatic rings. The molecular formula is C24H25N3O2. The first-order valence-electron chi connectivity index (χ1n) is 9.62. The molecule has 0 heterocycles. The first-order valence-corrected chi connectivity index (χ1v) is 9.62. The van der Waals surface area contributed by atoms with Crippen molar-refractivity contribution < 1.29 is 9.59 Å². The minimum Gasteiger partial charge on any atom is -0.376 e. The molecule has 0 bridgehead atoms. The Kier molecular flexibility index (Phi) is 7.00. The van der Waals surface area contributed by atoms with Crippen LogP contribution in [0, 0.1) is 0 Å². The van der Waals surface area contributed by atoms with Crippen LogP contribution in [0.1, 0.15) is 34.5 Å². The minimum absolute atomic E-state index is 0.0934. The van der Waals surface area contributed by atoms with Crippen LogP contribution in [0.5, 0.6) is 0 Å². The molecule has 0 aromatic heterocycles. The van der Waals surface area contributed by atoms with Crippen molar-refractivity contribution in [1.82, 2.24) is 10.6 Å². The van der Waals surface area contributed by atoms with Crippen molar-refractivity contribution in [2.24, 2.45) is 0 Å². The van der Waals surface area contributed by atoms with Gasteiger partial charge < -0.3 is 16.0 Å². The lowest BCUT2D eigenvalue weighted by molar-refractivity contribution is -0.119. The van der Waals surface area contributed by atoms with Crippen LogP contribution in [0.3, 0.4) is 0 Å². The van der Waals surface area contributed by atoms with E-state index in [1.165, 1.54) is 0 Å². The SMILES string of the molecule is CC(NC(=O)c1cccc(NCC(=O)NCc2ccccc2)c1)c1ccccc1. The smallest absolute Gasteiger partial charge is 0.251 e. The van der Waals surface area contributed by atoms with E-state index in [9.17, 15) is 9.59 Å². The Morgan fingerprint density at radius 2 is 1.55 bits per heavy atom. The number of benzene rings is 3. The molecule has 0 saturated carbocycles. The topological polar surface area (TPSA) is 70.2 Å². The predicted octanol–water partition coefficient (Wildman–Crippen LogP) is 3.91. The van der Waals surface area contributed by atoms with Crippen molar-refractivity contribution in [2.45, 2.75) is 19.5 Å². The molecule has 0 aliphatic carbocycles. The second kappa shape index (κ2) is 10.1. The van der Waals surface area contributed by atoms with Gasteiger partial charge in [-0.3, -0.25) is 9.59 Å². The van der Waals surface area contributed by atoms with Crippen molar-refractivity contribution in [3.8, 4) is 0 Å². The fourth-order valence-electron chi connectivity index (χ4n) is 2.92. The molecule has 29 heavy (non-hydrogen) atoms. The molecule has 3 N–H and O–H groups in total. The summed E-state index contributed by atoms with van der Waals surface area (Å²) in [5.41, 5.74) is 3.36. The van der Waals surface area contributed by atoms with E-state index in [4.69, 9.17) is 0 Å². The number of carbonyl (C=O) groups excluding carboxylic acids is 2. The number of rotatable bonds is 8. The van der Waals surface area contributed by atoms with Crippen LogP contribution in [-0.4, -0.2) is 18.4 Å². The van der Waals surface area contributed by atoms with E-state index in [1.807, 2.05) is 73.7 Å². The Morgan fingerprint density at radius 1 is 0.862 bits per heavy atom. The van der Waals surface area contributed by atoms with Gasteiger partial charge in [0.05, 0.1) is 12.6 Å². The normalized spacial score (nSPS) is 11.3. The van der Waals surface area contributed by atoms with E-state index in [0.29, 0.717) is 12.1 Å². The zero-order chi connectivity index (χ0) is 20.5. The molecule has 148 valence electrons. The lowest BCUT2D eigenvalue weighted by atomic mass is 10.1. The fraction of sp³-hybridized carbons (Fsp3) is 0.167. The van der Waals surface area contributed by atoms with Crippen LogP contribution >= 0.6 is 0 Å². The van der Waals surface area contributed by atoms with Crippen LogP contribution < -0.4 is 16.0 Å². The Bertz CT molecular complexity index is 943. The maximum absolute atomic E-state index is 12.6. The molecule has 5 heteroatoms. The number of amides is 2. The summed E-state index contributed by atoms with van der Waals surface area (Å²) in [5.74, 6) is -0.264. The van der Waals surface area contributed by atoms with E-state index < -0.39 is 0 Å². The van der Waals surface area contributed by atoms with Gasteiger partial charge in [-0.25, -0.2) is 0 Å². The summed E-state index contributed by atoms with van der Waals surface area (Å²) < 4.78 is 0. The van der Waals surface area contributed by atoms with Gasteiger partial charge in [-0.15, -0.1) is 0 Å². The summed E-state index contributed by atoms with van der Waals surface area (Å²) in [4.78, 5) is 24.6. The predicted molar refractivity (Wildman–Crippen MR) is 116 cm³/mol. The van der Waals surface area contributed by atoms with E-state index in [2.05, 4.69) is 16.0 Å². The molecule has 2 amide bonds. The molecule has 5 nitrogen and oxygen atoms in total. The van der Waals surface area contributed by atoms with Gasteiger partial charge in [0.1, 0.15) is 0 Å². The maximum Gasteiger partial charge on any atom is 0.251 e. The van der Waals surface area contributed by atoms with Crippen LogP contribution in [-0.2, 0) is 11.3 Å². The van der Waals surface area contributed by atoms with Gasteiger partial charge in [0.2, 0.25) is 5.91 Å². The molecule has 0 aliphatic heterocycles. The summed E-state index contributed by atoms with van der Waals surface area (Å²) in [6.45, 7) is 2.58. The lowest BCUT2D eigenvalue weighted by Gasteiger charge is -2.15. The van der Waals surface area contributed by atoms with Gasteiger partial charge in [-0.2, -0.15) is 0 Å². The van der Waals surface area contributed by atoms with Gasteiger partial charge >= 0.3 is 0 Å². The third-order valence-corrected chi connectivity index (χ3v) is 4.56. The van der Waals surface area contributed by atoms with Crippen LogP contribution in [0.4, 0.5) is 5.69 Å². The average molecular weight is 387 g/mol. The number of hydrogen-bond acceptors (Lipinski definition) is 3. The summed E-state index contributed by atoms with van der Waals surface area (Å²) in [6.07, 6.45) is 0. The Labute approximate surface area is 171 Å². The zero-order valence-electron chi connectivity index (χ0n) is 16.4. The first kappa shape index (κ1) is 20.1. The second-order valence-electron chi connectivity index (χ2n) is 6.80. The third-order valence-electron chi connectivity index (χ3n) is 4.56. The van der Waals surface area contributed by atoms with Crippen molar-refractivity contribution in [2.75, 3.05) is 11.9 Å². The van der Waals surface area contributed by atoms with Gasteiger partial charge in [0.15, 0.2) is 0 Å². The lowest BCUT2D eigenvalue weighted by Crippen LogP contribution is -2.29. The fourth-order valence-corrected chi connectivity index (χ4v) is 2.92. The van der Waals surface area contributed by atoms with Gasteiger partial charge in [0, 0.05) is 17.8 Å². The monoisotopic (exact) mass is 387 g/mol. The largest absolute Gasteiger partial charge is 0.376 e. The molecule has 0 spiro atoms. The van der Waals surface area contributed by atoms with Gasteiger partial charge in [0.25, 0.3) is 5.91 Å². The molecule has 1 atom stereocenters. The standard InChI is InChI=1S/C24H25N3O2/c1-18(20-11-6-3-7-12-20)27-24(29)21-13-8-14-22(15-21)25-17-23(28)26-16-19-9-4-2-5-10-19/h2-15,18,25H,16-17H2,1H3,(H,26,28)(H,27,29). The van der Waals surface area contributed by atoms with Gasteiger partial charge in [-0.05, 0) is 36.2 Å². The number of nitrogens with one attached hydrogen (secondary N) is 3. The molecule has 0 radical (unpaired) electrons. The van der Waals surface area contributed by atoms with E-state index >= 15 is 0 Å². The summed E-state index contributed by atoms with van der Waals surface area (Å²) in [7, 11) is 0. The molecule has 1 unspecified atom stereocenters. The average Bonchev–Trinajstić information content (AvgIpc) is 2.77. The van der Waals surface area contributed by atoms with Crippen LogP contribution in [0.2, 0.25) is 0 Å². The Hall–Kier alpha value is -3.60. The van der Waals surface area contributed by atoms with E-state index in [0.717, 1.165) is 16.8 Å². The summed E-state index contributed by atoms with van der Waals surface area (Å²) in [6, 6.07) is 26.6. The molecular weight excluding hydrogens is 362 g/mol. The van der Waals surface area contributed by atoms with Crippen molar-refractivity contribution >= 4 is 17.5 Å². The van der Waals surface area contributed by atoms with Crippen LogP contribution in [0.15, 0.2) is 84.9 Å². The molecule has 0 saturated heterocycles. The third kappa shape index (κ3) is 6.21. The Morgan fingerprint density at radius 3 is 2.28 bits per heavy atom. The quantitative estimate of drug-likeness (QED) is 0.549. The first-order chi connectivity index (χ1) is 14.1. The summed E-state index contributed by atoms with van der Waals surface area (Å²) in [5, 5.41) is 8.94. The highest BCUT2D eigenvalue weighted by Crippen LogP contribution is 2.14. The number of anilines is 1. The maximum atomic E-state index is 12.6. The van der Waals surface area contributed by atoms with Gasteiger partial charge in [-0.1, -0.05) is 66.7 Å². The number of hydrogen-bond donors (Lipinski definition) is 3. The molecule has 0 fully saturated rings. The zero-order valence-corrected chi connectivity index (χ0v) is 16.4. The molecule has 3 aromatic rings. The van der Waals surface area contributed by atoms with E-state index in [1.54, 1.807) is 18.2 Å². The highest BCUT2D eigenvalue weighted by Gasteiger charge is 2.12. The van der Waals surface area contributed by atoms with Crippen molar-refractivity contribution in [1.29, 1.82) is 0 Å². The molecule has 3 aromatic carbocycles. The van der Waals surface area contributed by atoms with Crippen molar-refractivity contribution in [3.05, 3.63) is 102 Å². The second-order valence-corrected chi connectivity index (χ2v) is 6.80. The van der Waals surface area contributed by atoms with Crippen molar-refractivity contribution in [3.63, 3.8) is 0 Å². The summed E-state index contributed by atoms with van der Waals surface area (Å²) >= 11 is 0.